The summed E-state index contributed by atoms with van der Waals surface area (Å²) < 4.78 is 0. The number of likely N-dealkylation sites (tertiary alicyclic amines) is 1. The molecule has 2 N–H and O–H groups in total. The van der Waals surface area contributed by atoms with Crippen molar-refractivity contribution in [2.45, 2.75) is 39.0 Å². The summed E-state index contributed by atoms with van der Waals surface area (Å²) in [4.78, 5) is 19.7. The van der Waals surface area contributed by atoms with Gasteiger partial charge in [-0.1, -0.05) is 6.58 Å². The molecular weight excluding hydrogens is 364 g/mol. The van der Waals surface area contributed by atoms with Crippen molar-refractivity contribution in [1.29, 1.82) is 0 Å². The van der Waals surface area contributed by atoms with Crippen LogP contribution < -0.4 is 0 Å². The number of aryl methyl sites for hydroxylation is 1. The van der Waals surface area contributed by atoms with Crippen LogP contribution in [0, 0.1) is 6.92 Å². The SMILES string of the molecule is C=Cc1[nH]nc(C(=O)N2CCC2)c1-c1cnc(-c2cn[nH]c2C)c2c1CCCC2. The van der Waals surface area contributed by atoms with E-state index < -0.39 is 0 Å². The van der Waals surface area contributed by atoms with E-state index in [-0.39, 0.29) is 5.91 Å². The largest absolute Gasteiger partial charge is 0.337 e. The normalized spacial score (nSPS) is 15.7. The number of fused-ring (bicyclic) bond motifs is 1. The second-order valence-electron chi connectivity index (χ2n) is 7.80. The summed E-state index contributed by atoms with van der Waals surface area (Å²) in [6, 6.07) is 0. The van der Waals surface area contributed by atoms with Crippen molar-refractivity contribution in [2.24, 2.45) is 0 Å². The summed E-state index contributed by atoms with van der Waals surface area (Å²) in [5, 5.41) is 14.6. The van der Waals surface area contributed by atoms with E-state index in [0.29, 0.717) is 5.69 Å². The van der Waals surface area contributed by atoms with E-state index >= 15 is 0 Å². The molecule has 148 valence electrons. The van der Waals surface area contributed by atoms with Crippen molar-refractivity contribution < 1.29 is 4.79 Å². The Morgan fingerprint density at radius 2 is 1.90 bits per heavy atom. The van der Waals surface area contributed by atoms with Crippen molar-refractivity contribution in [1.82, 2.24) is 30.3 Å². The molecule has 7 nitrogen and oxygen atoms in total. The van der Waals surface area contributed by atoms with Crippen molar-refractivity contribution in [3.63, 3.8) is 0 Å². The molecule has 0 spiro atoms. The number of rotatable bonds is 4. The highest BCUT2D eigenvalue weighted by atomic mass is 16.2. The molecule has 1 fully saturated rings. The second-order valence-corrected chi connectivity index (χ2v) is 7.80. The molecule has 1 amide bonds. The van der Waals surface area contributed by atoms with E-state index in [1.54, 1.807) is 6.08 Å². The standard InChI is InChI=1S/C22H24N6O/c1-3-18-19(21(27-26-18)22(29)28-9-6-10-28)17-11-23-20(16-12-24-25-13(16)2)15-8-5-4-7-14(15)17/h3,11-12H,1,4-10H2,2H3,(H,24,25)(H,26,27). The zero-order valence-corrected chi connectivity index (χ0v) is 16.6. The van der Waals surface area contributed by atoms with Gasteiger partial charge in [0.2, 0.25) is 0 Å². The Bertz CT molecular complexity index is 1100. The minimum Gasteiger partial charge on any atom is -0.337 e. The van der Waals surface area contributed by atoms with E-state index in [9.17, 15) is 4.79 Å². The third kappa shape index (κ3) is 2.80. The highest BCUT2D eigenvalue weighted by molar-refractivity contribution is 6.01. The van der Waals surface area contributed by atoms with E-state index in [0.717, 1.165) is 79.0 Å². The monoisotopic (exact) mass is 388 g/mol. The van der Waals surface area contributed by atoms with Crippen LogP contribution in [0.3, 0.4) is 0 Å². The fourth-order valence-electron chi connectivity index (χ4n) is 4.39. The second kappa shape index (κ2) is 6.99. The molecule has 3 aromatic heterocycles. The zero-order chi connectivity index (χ0) is 20.0. The van der Waals surface area contributed by atoms with Crippen LogP contribution in [-0.2, 0) is 12.8 Å². The Kier molecular flexibility index (Phi) is 4.30. The summed E-state index contributed by atoms with van der Waals surface area (Å²) in [5.41, 5.74) is 8.66. The average Bonchev–Trinajstić information content (AvgIpc) is 3.31. The first-order valence-electron chi connectivity index (χ1n) is 10.2. The van der Waals surface area contributed by atoms with E-state index in [4.69, 9.17) is 4.98 Å². The number of pyridine rings is 1. The lowest BCUT2D eigenvalue weighted by Crippen LogP contribution is -2.42. The first-order valence-corrected chi connectivity index (χ1v) is 10.2. The number of hydrogen-bond acceptors (Lipinski definition) is 4. The van der Waals surface area contributed by atoms with Gasteiger partial charge in [-0.3, -0.25) is 20.0 Å². The van der Waals surface area contributed by atoms with Crippen molar-refractivity contribution in [3.05, 3.63) is 47.2 Å². The summed E-state index contributed by atoms with van der Waals surface area (Å²) in [7, 11) is 0. The summed E-state index contributed by atoms with van der Waals surface area (Å²) >= 11 is 0. The number of aromatic nitrogens is 5. The van der Waals surface area contributed by atoms with Crippen LogP contribution >= 0.6 is 0 Å². The van der Waals surface area contributed by atoms with Gasteiger partial charge in [-0.25, -0.2) is 0 Å². The minimum atomic E-state index is -0.0186. The van der Waals surface area contributed by atoms with Crippen LogP contribution in [0.5, 0.6) is 0 Å². The molecule has 7 heteroatoms. The molecule has 1 saturated heterocycles. The Labute approximate surface area is 169 Å². The van der Waals surface area contributed by atoms with E-state index in [1.807, 2.05) is 24.2 Å². The minimum absolute atomic E-state index is 0.0186. The molecule has 0 bridgehead atoms. The van der Waals surface area contributed by atoms with Gasteiger partial charge in [0.15, 0.2) is 5.69 Å². The van der Waals surface area contributed by atoms with Gasteiger partial charge in [-0.05, 0) is 56.2 Å². The number of carbonyl (C=O) groups is 1. The van der Waals surface area contributed by atoms with Gasteiger partial charge in [0.25, 0.3) is 5.91 Å². The molecule has 4 heterocycles. The quantitative estimate of drug-likeness (QED) is 0.715. The number of hydrogen-bond donors (Lipinski definition) is 2. The fourth-order valence-corrected chi connectivity index (χ4v) is 4.39. The lowest BCUT2D eigenvalue weighted by atomic mass is 9.84. The molecule has 1 aliphatic carbocycles. The number of nitrogens with one attached hydrogen (secondary N) is 2. The van der Waals surface area contributed by atoms with E-state index in [2.05, 4.69) is 27.0 Å². The summed E-state index contributed by atoms with van der Waals surface area (Å²) in [5.74, 6) is -0.0186. The van der Waals surface area contributed by atoms with Crippen molar-refractivity contribution in [2.75, 3.05) is 13.1 Å². The fraction of sp³-hybridized carbons (Fsp3) is 0.364. The molecule has 0 unspecified atom stereocenters. The molecule has 5 rings (SSSR count). The third-order valence-corrected chi connectivity index (χ3v) is 6.10. The number of nitrogens with zero attached hydrogens (tertiary/aromatic N) is 4. The van der Waals surface area contributed by atoms with Crippen LogP contribution in [0.1, 0.15) is 52.3 Å². The molecule has 3 aromatic rings. The predicted octanol–water partition coefficient (Wildman–Crippen LogP) is 3.54. The van der Waals surface area contributed by atoms with Crippen molar-refractivity contribution in [3.8, 4) is 22.4 Å². The highest BCUT2D eigenvalue weighted by Crippen LogP contribution is 2.39. The maximum Gasteiger partial charge on any atom is 0.275 e. The molecule has 1 aliphatic heterocycles. The lowest BCUT2D eigenvalue weighted by Gasteiger charge is -2.30. The van der Waals surface area contributed by atoms with Gasteiger partial charge in [0.05, 0.1) is 17.6 Å². The Hall–Kier alpha value is -3.22. The van der Waals surface area contributed by atoms with Crippen molar-refractivity contribution >= 4 is 12.0 Å². The Morgan fingerprint density at radius 1 is 1.10 bits per heavy atom. The summed E-state index contributed by atoms with van der Waals surface area (Å²) in [6.07, 6.45) is 10.7. The lowest BCUT2D eigenvalue weighted by molar-refractivity contribution is 0.0646. The highest BCUT2D eigenvalue weighted by Gasteiger charge is 2.30. The average molecular weight is 388 g/mol. The first kappa shape index (κ1) is 17.8. The molecule has 2 aliphatic rings. The Balaban J connectivity index is 1.70. The van der Waals surface area contributed by atoms with Gasteiger partial charge in [0.1, 0.15) is 0 Å². The van der Waals surface area contributed by atoms with Gasteiger partial charge in [-0.2, -0.15) is 10.2 Å². The predicted molar refractivity (Wildman–Crippen MR) is 111 cm³/mol. The summed E-state index contributed by atoms with van der Waals surface area (Å²) in [6.45, 7) is 7.53. The third-order valence-electron chi connectivity index (χ3n) is 6.10. The van der Waals surface area contributed by atoms with Crippen LogP contribution in [0.15, 0.2) is 19.0 Å². The molecule has 0 atom stereocenters. The van der Waals surface area contributed by atoms with Crippen LogP contribution in [0.2, 0.25) is 0 Å². The smallest absolute Gasteiger partial charge is 0.275 e. The van der Waals surface area contributed by atoms with Crippen LogP contribution in [-0.4, -0.2) is 49.3 Å². The van der Waals surface area contributed by atoms with Gasteiger partial charge < -0.3 is 4.90 Å². The van der Waals surface area contributed by atoms with Gasteiger partial charge >= 0.3 is 0 Å². The molecule has 0 radical (unpaired) electrons. The maximum atomic E-state index is 13.0. The molecule has 29 heavy (non-hydrogen) atoms. The molecule has 0 saturated carbocycles. The number of carbonyl (C=O) groups excluding carboxylic acids is 1. The Morgan fingerprint density at radius 3 is 2.55 bits per heavy atom. The van der Waals surface area contributed by atoms with Gasteiger partial charge in [-0.15, -0.1) is 0 Å². The van der Waals surface area contributed by atoms with Crippen LogP contribution in [0.25, 0.3) is 28.5 Å². The zero-order valence-electron chi connectivity index (χ0n) is 16.6. The topological polar surface area (TPSA) is 90.6 Å². The number of H-pyrrole nitrogens is 2. The first-order chi connectivity index (χ1) is 14.2. The number of amides is 1. The molecule has 0 aromatic carbocycles. The van der Waals surface area contributed by atoms with Gasteiger partial charge in [0, 0.05) is 41.7 Å². The van der Waals surface area contributed by atoms with Crippen LogP contribution in [0.4, 0.5) is 0 Å². The molecular formula is C22H24N6O. The maximum absolute atomic E-state index is 13.0. The van der Waals surface area contributed by atoms with E-state index in [1.165, 1.54) is 11.1 Å². The number of aromatic amines is 2.